The van der Waals surface area contributed by atoms with Crippen LogP contribution in [0.4, 0.5) is 0 Å². The average Bonchev–Trinajstić information content (AvgIpc) is 2.28. The van der Waals surface area contributed by atoms with E-state index < -0.39 is 0 Å². The molecule has 0 aliphatic heterocycles. The number of carbonyl (C=O) groups is 1. The third-order valence-corrected chi connectivity index (χ3v) is 1.22. The van der Waals surface area contributed by atoms with Gasteiger partial charge in [-0.2, -0.15) is 5.26 Å². The van der Waals surface area contributed by atoms with E-state index in [-0.39, 0.29) is 5.92 Å². The minimum absolute atomic E-state index is 0.364. The summed E-state index contributed by atoms with van der Waals surface area (Å²) in [5.74, 6) is 4.86. The Labute approximate surface area is 64.8 Å². The highest BCUT2D eigenvalue weighted by Crippen LogP contribution is 2.00. The number of allylic oxidation sites excluding steroid dienone is 4. The fraction of sp³-hybridized carbons (Fsp3) is 0.111. The third kappa shape index (κ3) is 1.81. The maximum absolute atomic E-state index is 10.2. The first-order valence-corrected chi connectivity index (χ1v) is 3.12. The van der Waals surface area contributed by atoms with Crippen LogP contribution in [0.2, 0.25) is 0 Å². The van der Waals surface area contributed by atoms with Crippen molar-refractivity contribution in [3.8, 4) is 17.9 Å². The Morgan fingerprint density at radius 3 is 3.18 bits per heavy atom. The summed E-state index contributed by atoms with van der Waals surface area (Å²) in [5, 5.41) is 8.43. The van der Waals surface area contributed by atoms with Gasteiger partial charge in [0.2, 0.25) is 0 Å². The molecule has 1 aliphatic carbocycles. The van der Waals surface area contributed by atoms with Crippen LogP contribution in [0.1, 0.15) is 0 Å². The second-order valence-corrected chi connectivity index (χ2v) is 2.01. The van der Waals surface area contributed by atoms with Crippen LogP contribution in [0.3, 0.4) is 0 Å². The van der Waals surface area contributed by atoms with Crippen LogP contribution in [-0.4, -0.2) is 6.29 Å². The molecule has 2 nitrogen and oxygen atoms in total. The van der Waals surface area contributed by atoms with Gasteiger partial charge in [0.05, 0.1) is 5.92 Å². The van der Waals surface area contributed by atoms with E-state index in [1.807, 2.05) is 6.07 Å². The van der Waals surface area contributed by atoms with E-state index in [0.29, 0.717) is 5.57 Å². The smallest absolute Gasteiger partial charge is 0.138 e. The van der Waals surface area contributed by atoms with Gasteiger partial charge >= 0.3 is 0 Å². The molecule has 0 fully saturated rings. The molecule has 11 heavy (non-hydrogen) atoms. The number of nitrogens with zero attached hydrogens (tertiary/aromatic N) is 1. The van der Waals surface area contributed by atoms with Crippen molar-refractivity contribution in [1.82, 2.24) is 0 Å². The van der Waals surface area contributed by atoms with E-state index in [4.69, 9.17) is 5.26 Å². The fourth-order valence-electron chi connectivity index (χ4n) is 0.667. The van der Waals surface area contributed by atoms with Crippen molar-refractivity contribution >= 4 is 6.29 Å². The molecule has 0 saturated carbocycles. The van der Waals surface area contributed by atoms with Crippen molar-refractivity contribution < 1.29 is 4.79 Å². The quantitative estimate of drug-likeness (QED) is 0.403. The van der Waals surface area contributed by atoms with Crippen molar-refractivity contribution in [3.63, 3.8) is 0 Å². The molecule has 1 unspecified atom stereocenters. The van der Waals surface area contributed by atoms with Gasteiger partial charge in [-0.25, -0.2) is 0 Å². The Bertz CT molecular complexity index is 320. The van der Waals surface area contributed by atoms with E-state index in [1.54, 1.807) is 18.2 Å². The third-order valence-electron chi connectivity index (χ3n) is 1.22. The number of rotatable bonds is 1. The zero-order valence-corrected chi connectivity index (χ0v) is 5.74. The molecule has 0 spiro atoms. The molecular formula is C9H5NO. The summed E-state index contributed by atoms with van der Waals surface area (Å²) in [6.45, 7) is 0. The van der Waals surface area contributed by atoms with E-state index in [1.165, 1.54) is 0 Å². The second-order valence-electron chi connectivity index (χ2n) is 2.01. The molecule has 1 atom stereocenters. The van der Waals surface area contributed by atoms with Crippen LogP contribution >= 0.6 is 0 Å². The average molecular weight is 143 g/mol. The summed E-state index contributed by atoms with van der Waals surface area (Å²) in [4.78, 5) is 10.2. The van der Waals surface area contributed by atoms with Gasteiger partial charge in [-0.05, 0) is 6.08 Å². The lowest BCUT2D eigenvalue weighted by Crippen LogP contribution is -1.91. The Morgan fingerprint density at radius 2 is 2.55 bits per heavy atom. The lowest BCUT2D eigenvalue weighted by Gasteiger charge is -1.86. The fourth-order valence-corrected chi connectivity index (χ4v) is 0.667. The van der Waals surface area contributed by atoms with E-state index in [2.05, 4.69) is 11.8 Å². The number of aldehydes is 1. The van der Waals surface area contributed by atoms with Gasteiger partial charge in [0, 0.05) is 0 Å². The Hall–Kier alpha value is -1.80. The Morgan fingerprint density at radius 1 is 1.73 bits per heavy atom. The maximum Gasteiger partial charge on any atom is 0.138 e. The van der Waals surface area contributed by atoms with Crippen molar-refractivity contribution in [2.24, 2.45) is 5.92 Å². The topological polar surface area (TPSA) is 40.9 Å². The van der Waals surface area contributed by atoms with Gasteiger partial charge in [-0.15, -0.1) is 0 Å². The van der Waals surface area contributed by atoms with Crippen LogP contribution in [0.15, 0.2) is 23.8 Å². The minimum atomic E-state index is -0.364. The largest absolute Gasteiger partial charge is 0.302 e. The zero-order valence-electron chi connectivity index (χ0n) is 5.74. The van der Waals surface area contributed by atoms with Crippen molar-refractivity contribution in [3.05, 3.63) is 23.8 Å². The molecule has 52 valence electrons. The first-order chi connectivity index (χ1) is 5.36. The summed E-state index contributed by atoms with van der Waals surface area (Å²) in [6, 6.07) is 1.91. The summed E-state index contributed by atoms with van der Waals surface area (Å²) < 4.78 is 0. The number of hydrogen-bond donors (Lipinski definition) is 0. The van der Waals surface area contributed by atoms with Crippen molar-refractivity contribution in [2.45, 2.75) is 0 Å². The standard InChI is InChI=1S/C9H5NO/c10-6-8-2-1-3-9(7-11)5-4-8/h1-3,7,9H. The van der Waals surface area contributed by atoms with Crippen LogP contribution in [0.5, 0.6) is 0 Å². The predicted molar refractivity (Wildman–Crippen MR) is 40.2 cm³/mol. The molecule has 0 bridgehead atoms. The van der Waals surface area contributed by atoms with Crippen LogP contribution in [0, 0.1) is 29.1 Å². The van der Waals surface area contributed by atoms with E-state index in [9.17, 15) is 4.79 Å². The first kappa shape index (κ1) is 7.31. The molecule has 1 rings (SSSR count). The molecule has 0 N–H and O–H groups in total. The van der Waals surface area contributed by atoms with Gasteiger partial charge in [0.1, 0.15) is 17.9 Å². The summed E-state index contributed by atoms with van der Waals surface area (Å²) in [6.07, 6.45) is 5.66. The van der Waals surface area contributed by atoms with Gasteiger partial charge in [-0.1, -0.05) is 24.0 Å². The number of carbonyl (C=O) groups excluding carboxylic acids is 1. The molecule has 0 saturated heterocycles. The van der Waals surface area contributed by atoms with Gasteiger partial charge in [-0.3, -0.25) is 0 Å². The van der Waals surface area contributed by atoms with Crippen LogP contribution in [-0.2, 0) is 4.79 Å². The SMILES string of the molecule is N#CC1=CC=CC(C=O)C#C1. The minimum Gasteiger partial charge on any atom is -0.302 e. The summed E-state index contributed by atoms with van der Waals surface area (Å²) in [7, 11) is 0. The van der Waals surface area contributed by atoms with Crippen molar-refractivity contribution in [2.75, 3.05) is 0 Å². The highest BCUT2D eigenvalue weighted by molar-refractivity contribution is 5.64. The number of nitriles is 1. The predicted octanol–water partition coefficient (Wildman–Crippen LogP) is 0.825. The van der Waals surface area contributed by atoms with Crippen molar-refractivity contribution in [1.29, 1.82) is 5.26 Å². The molecule has 2 heteroatoms. The Kier molecular flexibility index (Phi) is 2.25. The molecule has 0 aromatic rings. The van der Waals surface area contributed by atoms with Gasteiger partial charge in [0.15, 0.2) is 0 Å². The van der Waals surface area contributed by atoms with E-state index in [0.717, 1.165) is 6.29 Å². The lowest BCUT2D eigenvalue weighted by molar-refractivity contribution is -0.108. The lowest BCUT2D eigenvalue weighted by atomic mass is 10.2. The second kappa shape index (κ2) is 3.39. The van der Waals surface area contributed by atoms with Gasteiger partial charge in [0.25, 0.3) is 0 Å². The first-order valence-electron chi connectivity index (χ1n) is 3.12. The summed E-state index contributed by atoms with van der Waals surface area (Å²) in [5.41, 5.74) is 0.394. The number of hydrogen-bond acceptors (Lipinski definition) is 2. The highest BCUT2D eigenvalue weighted by Gasteiger charge is 1.98. The molecule has 0 heterocycles. The zero-order chi connectivity index (χ0) is 8.10. The molecule has 0 aromatic heterocycles. The molecule has 1 aliphatic rings. The molecule has 0 aromatic carbocycles. The normalized spacial score (nSPS) is 20.3. The summed E-state index contributed by atoms with van der Waals surface area (Å²) >= 11 is 0. The van der Waals surface area contributed by atoms with Gasteiger partial charge < -0.3 is 4.79 Å². The van der Waals surface area contributed by atoms with Crippen LogP contribution in [0.25, 0.3) is 0 Å². The monoisotopic (exact) mass is 143 g/mol. The Balaban J connectivity index is 2.91. The molecular weight excluding hydrogens is 138 g/mol. The highest BCUT2D eigenvalue weighted by atomic mass is 16.1. The molecule has 0 radical (unpaired) electrons. The van der Waals surface area contributed by atoms with Crippen LogP contribution < -0.4 is 0 Å². The van der Waals surface area contributed by atoms with E-state index >= 15 is 0 Å². The maximum atomic E-state index is 10.2. The molecule has 0 amide bonds.